The number of hydrogen-bond acceptors (Lipinski definition) is 2. The average molecular weight is 239 g/mol. The van der Waals surface area contributed by atoms with E-state index in [0.717, 1.165) is 0 Å². The summed E-state index contributed by atoms with van der Waals surface area (Å²) in [7, 11) is 0. The van der Waals surface area contributed by atoms with Crippen molar-refractivity contribution >= 4 is 0 Å². The van der Waals surface area contributed by atoms with Crippen molar-refractivity contribution < 1.29 is 13.5 Å². The maximum Gasteiger partial charge on any atom is 0.387 e. The molecular formula is C13H15F2NO. The Balaban J connectivity index is 2.71. The number of terminal acetylenes is 1. The molecule has 0 fully saturated rings. The van der Waals surface area contributed by atoms with E-state index in [0.29, 0.717) is 18.5 Å². The number of hydrogen-bond donors (Lipinski definition) is 1. The molecule has 0 radical (unpaired) electrons. The third-order valence-electron chi connectivity index (χ3n) is 2.32. The lowest BCUT2D eigenvalue weighted by Gasteiger charge is -2.17. The van der Waals surface area contributed by atoms with Crippen LogP contribution in [-0.2, 0) is 0 Å². The van der Waals surface area contributed by atoms with Gasteiger partial charge in [-0.1, -0.05) is 18.2 Å². The third-order valence-corrected chi connectivity index (χ3v) is 2.32. The molecule has 1 unspecified atom stereocenters. The van der Waals surface area contributed by atoms with Crippen LogP contribution in [0.25, 0.3) is 0 Å². The van der Waals surface area contributed by atoms with Crippen LogP contribution in [-0.4, -0.2) is 13.2 Å². The quantitative estimate of drug-likeness (QED) is 0.608. The molecule has 1 N–H and O–H groups in total. The van der Waals surface area contributed by atoms with E-state index in [9.17, 15) is 8.78 Å². The Labute approximate surface area is 100.0 Å². The van der Waals surface area contributed by atoms with Crippen molar-refractivity contribution in [3.63, 3.8) is 0 Å². The Morgan fingerprint density at radius 3 is 2.76 bits per heavy atom. The second kappa shape index (κ2) is 6.87. The highest BCUT2D eigenvalue weighted by Crippen LogP contribution is 2.26. The van der Waals surface area contributed by atoms with Crippen LogP contribution in [0.5, 0.6) is 5.75 Å². The molecule has 0 amide bonds. The topological polar surface area (TPSA) is 21.3 Å². The van der Waals surface area contributed by atoms with Crippen molar-refractivity contribution in [2.24, 2.45) is 0 Å². The number of rotatable bonds is 6. The summed E-state index contributed by atoms with van der Waals surface area (Å²) >= 11 is 0. The summed E-state index contributed by atoms with van der Waals surface area (Å²) in [6.07, 6.45) is 5.73. The van der Waals surface area contributed by atoms with Crippen LogP contribution < -0.4 is 10.1 Å². The summed E-state index contributed by atoms with van der Waals surface area (Å²) in [6.45, 7) is -0.292. The molecular weight excluding hydrogens is 224 g/mol. The van der Waals surface area contributed by atoms with Crippen LogP contribution in [0.1, 0.15) is 24.9 Å². The van der Waals surface area contributed by atoms with Gasteiger partial charge in [-0.25, -0.2) is 0 Å². The zero-order chi connectivity index (χ0) is 12.7. The second-order valence-corrected chi connectivity index (χ2v) is 3.55. The fraction of sp³-hybridized carbons (Fsp3) is 0.385. The van der Waals surface area contributed by atoms with Gasteiger partial charge >= 0.3 is 6.61 Å². The summed E-state index contributed by atoms with van der Waals surface area (Å²) in [5.41, 5.74) is 0.699. The molecule has 1 rings (SSSR count). The first kappa shape index (κ1) is 13.5. The van der Waals surface area contributed by atoms with Gasteiger partial charge in [0.2, 0.25) is 0 Å². The van der Waals surface area contributed by atoms with Gasteiger partial charge in [-0.05, 0) is 13.0 Å². The minimum atomic E-state index is -2.81. The largest absolute Gasteiger partial charge is 0.434 e. The first-order chi connectivity index (χ1) is 8.15. The van der Waals surface area contributed by atoms with Gasteiger partial charge in [0.05, 0.1) is 0 Å². The first-order valence-corrected chi connectivity index (χ1v) is 5.35. The number of para-hydroxylation sites is 1. The van der Waals surface area contributed by atoms with Crippen molar-refractivity contribution in [1.82, 2.24) is 5.32 Å². The van der Waals surface area contributed by atoms with Crippen LogP contribution >= 0.6 is 0 Å². The van der Waals surface area contributed by atoms with E-state index in [1.807, 2.05) is 6.92 Å². The minimum Gasteiger partial charge on any atom is -0.434 e. The molecule has 0 spiro atoms. The van der Waals surface area contributed by atoms with Crippen LogP contribution in [0, 0.1) is 12.3 Å². The predicted octanol–water partition coefficient (Wildman–Crippen LogP) is 2.96. The van der Waals surface area contributed by atoms with E-state index in [-0.39, 0.29) is 11.8 Å². The summed E-state index contributed by atoms with van der Waals surface area (Å²) in [4.78, 5) is 0. The van der Waals surface area contributed by atoms with E-state index in [1.165, 1.54) is 6.07 Å². The van der Waals surface area contributed by atoms with Crippen molar-refractivity contribution in [3.8, 4) is 18.1 Å². The van der Waals surface area contributed by atoms with Crippen molar-refractivity contribution in [3.05, 3.63) is 29.8 Å². The molecule has 1 atom stereocenters. The molecule has 0 aliphatic carbocycles. The van der Waals surface area contributed by atoms with Gasteiger partial charge in [0.15, 0.2) is 0 Å². The Bertz CT molecular complexity index is 387. The lowest BCUT2D eigenvalue weighted by Crippen LogP contribution is -2.20. The van der Waals surface area contributed by atoms with Gasteiger partial charge in [0.1, 0.15) is 5.75 Å². The van der Waals surface area contributed by atoms with Gasteiger partial charge in [0, 0.05) is 24.6 Å². The molecule has 17 heavy (non-hydrogen) atoms. The number of ether oxygens (including phenoxy) is 1. The van der Waals surface area contributed by atoms with Crippen molar-refractivity contribution in [1.29, 1.82) is 0 Å². The van der Waals surface area contributed by atoms with E-state index < -0.39 is 6.61 Å². The SMILES string of the molecule is C#CCCNC(C)c1ccccc1OC(F)F. The average Bonchev–Trinajstić information content (AvgIpc) is 2.29. The van der Waals surface area contributed by atoms with E-state index in [2.05, 4.69) is 16.0 Å². The zero-order valence-electron chi connectivity index (χ0n) is 9.62. The molecule has 92 valence electrons. The number of benzene rings is 1. The molecule has 0 saturated carbocycles. The van der Waals surface area contributed by atoms with E-state index in [4.69, 9.17) is 6.42 Å². The van der Waals surface area contributed by atoms with Crippen LogP contribution in [0.3, 0.4) is 0 Å². The molecule has 4 heteroatoms. The minimum absolute atomic E-state index is 0.0849. The fourth-order valence-corrected chi connectivity index (χ4v) is 1.51. The number of nitrogens with one attached hydrogen (secondary N) is 1. The first-order valence-electron chi connectivity index (χ1n) is 5.35. The van der Waals surface area contributed by atoms with Gasteiger partial charge in [-0.2, -0.15) is 8.78 Å². The maximum atomic E-state index is 12.2. The standard InChI is InChI=1S/C13H15F2NO/c1-3-4-9-16-10(2)11-7-5-6-8-12(11)17-13(14)15/h1,5-8,10,13,16H,4,9H2,2H3. The molecule has 0 aromatic heterocycles. The summed E-state index contributed by atoms with van der Waals surface area (Å²) in [5, 5.41) is 3.15. The Kier molecular flexibility index (Phi) is 5.44. The second-order valence-electron chi connectivity index (χ2n) is 3.55. The highest BCUT2D eigenvalue weighted by atomic mass is 19.3. The molecule has 0 saturated heterocycles. The van der Waals surface area contributed by atoms with Gasteiger partial charge in [0.25, 0.3) is 0 Å². The maximum absolute atomic E-state index is 12.2. The van der Waals surface area contributed by atoms with Gasteiger partial charge in [-0.3, -0.25) is 0 Å². The Morgan fingerprint density at radius 2 is 2.12 bits per heavy atom. The Morgan fingerprint density at radius 1 is 1.41 bits per heavy atom. The number of halogens is 2. The van der Waals surface area contributed by atoms with Crippen LogP contribution in [0.4, 0.5) is 8.78 Å². The fourth-order valence-electron chi connectivity index (χ4n) is 1.51. The van der Waals surface area contributed by atoms with Crippen molar-refractivity contribution in [2.45, 2.75) is 26.0 Å². The summed E-state index contributed by atoms with van der Waals surface area (Å²) in [5.74, 6) is 2.71. The molecule has 0 bridgehead atoms. The van der Waals surface area contributed by atoms with E-state index >= 15 is 0 Å². The van der Waals surface area contributed by atoms with Gasteiger partial charge < -0.3 is 10.1 Å². The molecule has 2 nitrogen and oxygen atoms in total. The predicted molar refractivity (Wildman–Crippen MR) is 62.9 cm³/mol. The normalized spacial score (nSPS) is 12.2. The zero-order valence-corrected chi connectivity index (χ0v) is 9.62. The molecule has 0 aliphatic rings. The highest BCUT2D eigenvalue weighted by molar-refractivity contribution is 5.35. The molecule has 0 heterocycles. The lowest BCUT2D eigenvalue weighted by atomic mass is 10.1. The molecule has 1 aromatic carbocycles. The molecule has 1 aromatic rings. The number of alkyl halides is 2. The Hall–Kier alpha value is -1.60. The summed E-state index contributed by atoms with van der Waals surface area (Å²) < 4.78 is 28.9. The van der Waals surface area contributed by atoms with Crippen LogP contribution in [0.2, 0.25) is 0 Å². The third kappa shape index (κ3) is 4.41. The van der Waals surface area contributed by atoms with E-state index in [1.54, 1.807) is 18.2 Å². The smallest absolute Gasteiger partial charge is 0.387 e. The van der Waals surface area contributed by atoms with Crippen molar-refractivity contribution in [2.75, 3.05) is 6.54 Å². The van der Waals surface area contributed by atoms with Crippen LogP contribution in [0.15, 0.2) is 24.3 Å². The lowest BCUT2D eigenvalue weighted by molar-refractivity contribution is -0.0506. The highest BCUT2D eigenvalue weighted by Gasteiger charge is 2.13. The van der Waals surface area contributed by atoms with Gasteiger partial charge in [-0.15, -0.1) is 12.3 Å². The summed E-state index contributed by atoms with van der Waals surface area (Å²) in [6, 6.07) is 6.65. The monoisotopic (exact) mass is 239 g/mol. The molecule has 0 aliphatic heterocycles.